The summed E-state index contributed by atoms with van der Waals surface area (Å²) >= 11 is 0. The molecule has 2 aliphatic heterocycles. The molecule has 1 unspecified atom stereocenters. The second kappa shape index (κ2) is 9.90. The Kier molecular flexibility index (Phi) is 7.27. The maximum Gasteiger partial charge on any atom is 0.157 e. The van der Waals surface area contributed by atoms with Crippen LogP contribution in [0.3, 0.4) is 0 Å². The van der Waals surface area contributed by atoms with Crippen LogP contribution in [0.2, 0.25) is 0 Å². The van der Waals surface area contributed by atoms with Crippen molar-refractivity contribution >= 4 is 11.9 Å². The van der Waals surface area contributed by atoms with Crippen molar-refractivity contribution in [2.24, 2.45) is 5.10 Å². The number of rotatable bonds is 9. The minimum Gasteiger partial charge on any atom is -0.382 e. The standard InChI is InChI=1S/C20H30N2O3/c1-23-16-18-15-17-9-3-4-10-19(17)22(18)21-12-6-2-7-13-24-20-11-5-8-14-25-20/h3-4,9-10,12,18,20H,2,5-8,11,13-16H2,1H3/b21-12+/t18-,20?/m0/s1. The van der Waals surface area contributed by atoms with Crippen LogP contribution < -0.4 is 5.01 Å². The van der Waals surface area contributed by atoms with Gasteiger partial charge in [-0.2, -0.15) is 5.10 Å². The quantitative estimate of drug-likeness (QED) is 0.504. The normalized spacial score (nSPS) is 23.3. The van der Waals surface area contributed by atoms with E-state index in [9.17, 15) is 0 Å². The van der Waals surface area contributed by atoms with Gasteiger partial charge in [-0.25, -0.2) is 0 Å². The third kappa shape index (κ3) is 5.27. The van der Waals surface area contributed by atoms with E-state index in [1.165, 1.54) is 24.1 Å². The summed E-state index contributed by atoms with van der Waals surface area (Å²) in [7, 11) is 1.75. The number of hydrogen-bond acceptors (Lipinski definition) is 5. The molecular weight excluding hydrogens is 316 g/mol. The van der Waals surface area contributed by atoms with E-state index in [2.05, 4.69) is 29.3 Å². The molecule has 25 heavy (non-hydrogen) atoms. The van der Waals surface area contributed by atoms with Crippen molar-refractivity contribution in [3.05, 3.63) is 29.8 Å². The van der Waals surface area contributed by atoms with Gasteiger partial charge < -0.3 is 14.2 Å². The van der Waals surface area contributed by atoms with Gasteiger partial charge in [-0.3, -0.25) is 5.01 Å². The van der Waals surface area contributed by atoms with Crippen LogP contribution in [0.4, 0.5) is 5.69 Å². The van der Waals surface area contributed by atoms with E-state index in [0.717, 1.165) is 45.3 Å². The van der Waals surface area contributed by atoms with Crippen LogP contribution in [0, 0.1) is 0 Å². The van der Waals surface area contributed by atoms with Gasteiger partial charge in [0.2, 0.25) is 0 Å². The van der Waals surface area contributed by atoms with Crippen molar-refractivity contribution in [2.45, 2.75) is 57.3 Å². The zero-order valence-electron chi connectivity index (χ0n) is 15.2. The van der Waals surface area contributed by atoms with Crippen molar-refractivity contribution in [3.8, 4) is 0 Å². The van der Waals surface area contributed by atoms with Gasteiger partial charge in [0.25, 0.3) is 0 Å². The van der Waals surface area contributed by atoms with Crippen molar-refractivity contribution in [3.63, 3.8) is 0 Å². The molecular formula is C20H30N2O3. The van der Waals surface area contributed by atoms with Crippen molar-refractivity contribution < 1.29 is 14.2 Å². The smallest absolute Gasteiger partial charge is 0.157 e. The maximum atomic E-state index is 5.76. The molecule has 0 aliphatic carbocycles. The Balaban J connectivity index is 1.38. The molecule has 0 amide bonds. The molecule has 0 spiro atoms. The van der Waals surface area contributed by atoms with Gasteiger partial charge in [0.05, 0.1) is 18.3 Å². The first-order valence-corrected chi connectivity index (χ1v) is 9.50. The van der Waals surface area contributed by atoms with Crippen LogP contribution in [0.15, 0.2) is 29.4 Å². The summed E-state index contributed by atoms with van der Waals surface area (Å²) in [6, 6.07) is 8.77. The molecule has 1 saturated heterocycles. The Morgan fingerprint density at radius 1 is 1.28 bits per heavy atom. The van der Waals surface area contributed by atoms with Crippen LogP contribution in [0.1, 0.15) is 44.1 Å². The van der Waals surface area contributed by atoms with E-state index < -0.39 is 0 Å². The number of hydrazone groups is 1. The molecule has 2 atom stereocenters. The third-order valence-corrected chi connectivity index (χ3v) is 4.77. The number of fused-ring (bicyclic) bond motifs is 1. The molecule has 1 fully saturated rings. The number of hydrogen-bond donors (Lipinski definition) is 0. The topological polar surface area (TPSA) is 43.3 Å². The molecule has 0 saturated carbocycles. The second-order valence-corrected chi connectivity index (χ2v) is 6.75. The summed E-state index contributed by atoms with van der Waals surface area (Å²) in [4.78, 5) is 0. The minimum atomic E-state index is 0.0262. The van der Waals surface area contributed by atoms with Crippen LogP contribution in [-0.4, -0.2) is 45.5 Å². The number of ether oxygens (including phenoxy) is 3. The molecule has 138 valence electrons. The summed E-state index contributed by atoms with van der Waals surface area (Å²) in [6.45, 7) is 2.32. The van der Waals surface area contributed by atoms with E-state index in [0.29, 0.717) is 12.6 Å². The highest BCUT2D eigenvalue weighted by Gasteiger charge is 2.28. The number of para-hydroxylation sites is 1. The van der Waals surface area contributed by atoms with Crippen molar-refractivity contribution in [2.75, 3.05) is 31.9 Å². The Morgan fingerprint density at radius 2 is 2.20 bits per heavy atom. The van der Waals surface area contributed by atoms with Gasteiger partial charge in [0.15, 0.2) is 6.29 Å². The Labute approximate surface area is 150 Å². The number of benzene rings is 1. The van der Waals surface area contributed by atoms with Gasteiger partial charge in [-0.05, 0) is 56.6 Å². The van der Waals surface area contributed by atoms with Crippen molar-refractivity contribution in [1.29, 1.82) is 0 Å². The second-order valence-electron chi connectivity index (χ2n) is 6.75. The number of nitrogens with zero attached hydrogens (tertiary/aromatic N) is 2. The highest BCUT2D eigenvalue weighted by molar-refractivity contribution is 5.64. The first-order chi connectivity index (χ1) is 12.4. The maximum absolute atomic E-state index is 5.76. The zero-order chi connectivity index (χ0) is 17.3. The summed E-state index contributed by atoms with van der Waals surface area (Å²) in [5.41, 5.74) is 2.56. The summed E-state index contributed by atoms with van der Waals surface area (Å²) in [5, 5.41) is 6.83. The monoisotopic (exact) mass is 346 g/mol. The molecule has 0 N–H and O–H groups in total. The Bertz CT molecular complexity index is 543. The largest absolute Gasteiger partial charge is 0.382 e. The van der Waals surface area contributed by atoms with E-state index >= 15 is 0 Å². The van der Waals surface area contributed by atoms with E-state index in [1.54, 1.807) is 7.11 Å². The average Bonchev–Trinajstić information content (AvgIpc) is 2.99. The molecule has 5 heteroatoms. The van der Waals surface area contributed by atoms with Gasteiger partial charge in [-0.1, -0.05) is 18.2 Å². The fourth-order valence-corrected chi connectivity index (χ4v) is 3.46. The first kappa shape index (κ1) is 18.4. The summed E-state index contributed by atoms with van der Waals surface area (Å²) in [5.74, 6) is 0. The fraction of sp³-hybridized carbons (Fsp3) is 0.650. The van der Waals surface area contributed by atoms with Crippen LogP contribution in [0.25, 0.3) is 0 Å². The predicted molar refractivity (Wildman–Crippen MR) is 100 cm³/mol. The SMILES string of the molecule is COC[C@@H]1Cc2ccccc2N1/N=C/CCCCOC1CCCCO1. The predicted octanol–water partition coefficient (Wildman–Crippen LogP) is 3.76. The number of methoxy groups -OCH3 is 1. The molecule has 2 heterocycles. The number of unbranched alkanes of at least 4 members (excludes halogenated alkanes) is 2. The van der Waals surface area contributed by atoms with Gasteiger partial charge in [-0.15, -0.1) is 0 Å². The van der Waals surface area contributed by atoms with E-state index in [1.807, 2.05) is 6.21 Å². The molecule has 1 aromatic carbocycles. The van der Waals surface area contributed by atoms with E-state index in [4.69, 9.17) is 19.3 Å². The molecule has 5 nitrogen and oxygen atoms in total. The highest BCUT2D eigenvalue weighted by Crippen LogP contribution is 2.32. The lowest BCUT2D eigenvalue weighted by Gasteiger charge is -2.22. The highest BCUT2D eigenvalue weighted by atomic mass is 16.7. The zero-order valence-corrected chi connectivity index (χ0v) is 15.2. The summed E-state index contributed by atoms with van der Waals surface area (Å²) < 4.78 is 16.7. The Morgan fingerprint density at radius 3 is 3.04 bits per heavy atom. The van der Waals surface area contributed by atoms with Gasteiger partial charge in [0.1, 0.15) is 0 Å². The van der Waals surface area contributed by atoms with E-state index in [-0.39, 0.29) is 6.29 Å². The van der Waals surface area contributed by atoms with Crippen LogP contribution >= 0.6 is 0 Å². The molecule has 0 aromatic heterocycles. The van der Waals surface area contributed by atoms with Gasteiger partial charge in [0, 0.05) is 26.5 Å². The van der Waals surface area contributed by atoms with Gasteiger partial charge >= 0.3 is 0 Å². The fourth-order valence-electron chi connectivity index (χ4n) is 3.46. The van der Waals surface area contributed by atoms with Crippen LogP contribution in [-0.2, 0) is 20.6 Å². The molecule has 0 bridgehead atoms. The number of anilines is 1. The molecule has 1 aromatic rings. The lowest BCUT2D eigenvalue weighted by atomic mass is 10.1. The lowest BCUT2D eigenvalue weighted by molar-refractivity contribution is -0.162. The minimum absolute atomic E-state index is 0.0262. The first-order valence-electron chi connectivity index (χ1n) is 9.50. The molecule has 3 rings (SSSR count). The molecule has 0 radical (unpaired) electrons. The lowest BCUT2D eigenvalue weighted by Crippen LogP contribution is -2.31. The third-order valence-electron chi connectivity index (χ3n) is 4.77. The van der Waals surface area contributed by atoms with Crippen LogP contribution in [0.5, 0.6) is 0 Å². The Hall–Kier alpha value is -1.43. The van der Waals surface area contributed by atoms with Crippen molar-refractivity contribution in [1.82, 2.24) is 0 Å². The average molecular weight is 346 g/mol. The molecule has 2 aliphatic rings. The summed E-state index contributed by atoms with van der Waals surface area (Å²) in [6.07, 6.45) is 9.57.